The summed E-state index contributed by atoms with van der Waals surface area (Å²) in [6.07, 6.45) is 6.07. The van der Waals surface area contributed by atoms with Crippen LogP contribution in [-0.2, 0) is 11.2 Å². The fourth-order valence-corrected chi connectivity index (χ4v) is 3.65. The molecule has 0 saturated heterocycles. The lowest BCUT2D eigenvalue weighted by Crippen LogP contribution is -2.42. The second kappa shape index (κ2) is 5.98. The summed E-state index contributed by atoms with van der Waals surface area (Å²) < 4.78 is 11.6. The van der Waals surface area contributed by atoms with Crippen LogP contribution in [0.25, 0.3) is 0 Å². The van der Waals surface area contributed by atoms with Gasteiger partial charge in [0, 0.05) is 19.6 Å². The van der Waals surface area contributed by atoms with Crippen molar-refractivity contribution >= 4 is 0 Å². The summed E-state index contributed by atoms with van der Waals surface area (Å²) >= 11 is 0. The van der Waals surface area contributed by atoms with Crippen molar-refractivity contribution in [3.8, 4) is 5.75 Å². The van der Waals surface area contributed by atoms with E-state index in [1.165, 1.54) is 30.4 Å². The molecule has 1 N–H and O–H groups in total. The Kier molecular flexibility index (Phi) is 4.23. The third-order valence-electron chi connectivity index (χ3n) is 5.05. The van der Waals surface area contributed by atoms with Crippen LogP contribution in [0.3, 0.4) is 0 Å². The zero-order valence-electron chi connectivity index (χ0n) is 13.4. The molecular formula is C18H27NO2. The van der Waals surface area contributed by atoms with Crippen molar-refractivity contribution < 1.29 is 9.47 Å². The first-order valence-electron chi connectivity index (χ1n) is 8.24. The van der Waals surface area contributed by atoms with E-state index in [2.05, 4.69) is 37.4 Å². The Morgan fingerprint density at radius 1 is 1.43 bits per heavy atom. The minimum atomic E-state index is 0.0929. The quantitative estimate of drug-likeness (QED) is 0.867. The molecule has 1 aliphatic heterocycles. The predicted molar refractivity (Wildman–Crippen MR) is 84.9 cm³/mol. The molecule has 1 aromatic rings. The molecule has 0 spiro atoms. The average molecular weight is 289 g/mol. The first kappa shape index (κ1) is 14.9. The van der Waals surface area contributed by atoms with Crippen molar-refractivity contribution in [2.45, 2.75) is 63.7 Å². The van der Waals surface area contributed by atoms with Gasteiger partial charge in [-0.15, -0.1) is 0 Å². The summed E-state index contributed by atoms with van der Waals surface area (Å²) in [5, 5.41) is 3.64. The maximum atomic E-state index is 5.82. The van der Waals surface area contributed by atoms with Crippen molar-refractivity contribution in [1.29, 1.82) is 0 Å². The Labute approximate surface area is 128 Å². The lowest BCUT2D eigenvalue weighted by Gasteiger charge is -2.43. The SMILES string of the molecule is CCNC(CC1(OC)CCC1)c1ccc2c(c1)CC(C)O2. The van der Waals surface area contributed by atoms with Gasteiger partial charge in [-0.25, -0.2) is 0 Å². The van der Waals surface area contributed by atoms with E-state index < -0.39 is 0 Å². The van der Waals surface area contributed by atoms with Gasteiger partial charge in [-0.2, -0.15) is 0 Å². The van der Waals surface area contributed by atoms with Gasteiger partial charge in [-0.05, 0) is 56.3 Å². The molecule has 3 nitrogen and oxygen atoms in total. The van der Waals surface area contributed by atoms with Gasteiger partial charge >= 0.3 is 0 Å². The zero-order valence-corrected chi connectivity index (χ0v) is 13.4. The molecular weight excluding hydrogens is 262 g/mol. The van der Waals surface area contributed by atoms with Crippen molar-refractivity contribution in [2.75, 3.05) is 13.7 Å². The van der Waals surface area contributed by atoms with Gasteiger partial charge in [-0.3, -0.25) is 0 Å². The highest BCUT2D eigenvalue weighted by Crippen LogP contribution is 2.42. The molecule has 2 aliphatic rings. The van der Waals surface area contributed by atoms with Crippen LogP contribution >= 0.6 is 0 Å². The second-order valence-corrected chi connectivity index (χ2v) is 6.55. The van der Waals surface area contributed by atoms with Crippen molar-refractivity contribution in [1.82, 2.24) is 5.32 Å². The highest BCUT2D eigenvalue weighted by atomic mass is 16.5. The van der Waals surface area contributed by atoms with E-state index in [1.54, 1.807) is 0 Å². The van der Waals surface area contributed by atoms with Crippen LogP contribution in [0.4, 0.5) is 0 Å². The number of hydrogen-bond acceptors (Lipinski definition) is 3. The molecule has 3 rings (SSSR count). The Bertz CT molecular complexity index is 490. The van der Waals surface area contributed by atoms with Gasteiger partial charge in [0.2, 0.25) is 0 Å². The molecule has 3 heteroatoms. The van der Waals surface area contributed by atoms with Crippen molar-refractivity contribution in [3.63, 3.8) is 0 Å². The standard InChI is InChI=1S/C18H27NO2/c1-4-19-16(12-18(20-3)8-5-9-18)14-6-7-17-15(11-14)10-13(2)21-17/h6-7,11,13,16,19H,4-5,8-10,12H2,1-3H3. The van der Waals surface area contributed by atoms with Gasteiger partial charge in [0.25, 0.3) is 0 Å². The maximum absolute atomic E-state index is 5.82. The number of rotatable bonds is 6. The number of nitrogens with one attached hydrogen (secondary N) is 1. The molecule has 1 heterocycles. The highest BCUT2D eigenvalue weighted by Gasteiger charge is 2.39. The zero-order chi connectivity index (χ0) is 14.9. The summed E-state index contributed by atoms with van der Waals surface area (Å²) in [5.74, 6) is 1.06. The maximum Gasteiger partial charge on any atom is 0.123 e. The summed E-state index contributed by atoms with van der Waals surface area (Å²) in [6.45, 7) is 5.29. The van der Waals surface area contributed by atoms with E-state index in [0.29, 0.717) is 12.1 Å². The molecule has 1 fully saturated rings. The van der Waals surface area contributed by atoms with Gasteiger partial charge in [0.1, 0.15) is 11.9 Å². The van der Waals surface area contributed by atoms with E-state index in [9.17, 15) is 0 Å². The summed E-state index contributed by atoms with van der Waals surface area (Å²) in [6, 6.07) is 7.05. The van der Waals surface area contributed by atoms with E-state index in [4.69, 9.17) is 9.47 Å². The molecule has 116 valence electrons. The molecule has 0 amide bonds. The van der Waals surface area contributed by atoms with Crippen LogP contribution in [0.1, 0.15) is 56.7 Å². The fourth-order valence-electron chi connectivity index (χ4n) is 3.65. The van der Waals surface area contributed by atoms with Gasteiger partial charge in [0.05, 0.1) is 5.60 Å². The Balaban J connectivity index is 1.79. The number of methoxy groups -OCH3 is 1. The molecule has 1 saturated carbocycles. The monoisotopic (exact) mass is 289 g/mol. The molecule has 2 atom stereocenters. The minimum absolute atomic E-state index is 0.0929. The molecule has 1 aliphatic carbocycles. The summed E-state index contributed by atoms with van der Waals surface area (Å²) in [5.41, 5.74) is 2.81. The van der Waals surface area contributed by atoms with Crippen LogP contribution in [0.15, 0.2) is 18.2 Å². The van der Waals surface area contributed by atoms with Crippen LogP contribution in [0.2, 0.25) is 0 Å². The smallest absolute Gasteiger partial charge is 0.123 e. The van der Waals surface area contributed by atoms with Crippen LogP contribution in [-0.4, -0.2) is 25.4 Å². The van der Waals surface area contributed by atoms with E-state index in [-0.39, 0.29) is 5.60 Å². The molecule has 0 aromatic heterocycles. The third kappa shape index (κ3) is 2.95. The van der Waals surface area contributed by atoms with E-state index in [1.807, 2.05) is 7.11 Å². The summed E-state index contributed by atoms with van der Waals surface area (Å²) in [7, 11) is 1.86. The molecule has 0 radical (unpaired) electrons. The lowest BCUT2D eigenvalue weighted by molar-refractivity contribution is -0.0837. The normalized spacial score (nSPS) is 24.0. The average Bonchev–Trinajstić information content (AvgIpc) is 2.80. The number of ether oxygens (including phenoxy) is 2. The fraction of sp³-hybridized carbons (Fsp3) is 0.667. The minimum Gasteiger partial charge on any atom is -0.490 e. The van der Waals surface area contributed by atoms with Crippen molar-refractivity contribution in [3.05, 3.63) is 29.3 Å². The van der Waals surface area contributed by atoms with Crippen LogP contribution in [0, 0.1) is 0 Å². The Morgan fingerprint density at radius 3 is 2.86 bits per heavy atom. The van der Waals surface area contributed by atoms with E-state index in [0.717, 1.165) is 25.1 Å². The highest BCUT2D eigenvalue weighted by molar-refractivity contribution is 5.41. The Hall–Kier alpha value is -1.06. The number of benzene rings is 1. The molecule has 1 aromatic carbocycles. The Morgan fingerprint density at radius 2 is 2.24 bits per heavy atom. The molecule has 0 bridgehead atoms. The number of hydrogen-bond donors (Lipinski definition) is 1. The lowest BCUT2D eigenvalue weighted by atomic mass is 9.74. The van der Waals surface area contributed by atoms with Gasteiger partial charge in [-0.1, -0.05) is 19.1 Å². The first-order valence-corrected chi connectivity index (χ1v) is 8.24. The van der Waals surface area contributed by atoms with Crippen LogP contribution < -0.4 is 10.1 Å². The number of fused-ring (bicyclic) bond motifs is 1. The largest absolute Gasteiger partial charge is 0.490 e. The van der Waals surface area contributed by atoms with Gasteiger partial charge in [0.15, 0.2) is 0 Å². The predicted octanol–water partition coefficient (Wildman–Crippen LogP) is 3.62. The first-order chi connectivity index (χ1) is 10.2. The second-order valence-electron chi connectivity index (χ2n) is 6.55. The topological polar surface area (TPSA) is 30.5 Å². The third-order valence-corrected chi connectivity index (χ3v) is 5.05. The molecule has 2 unspecified atom stereocenters. The molecule has 21 heavy (non-hydrogen) atoms. The van der Waals surface area contributed by atoms with Crippen molar-refractivity contribution in [2.24, 2.45) is 0 Å². The van der Waals surface area contributed by atoms with Crippen LogP contribution in [0.5, 0.6) is 5.75 Å². The summed E-state index contributed by atoms with van der Waals surface area (Å²) in [4.78, 5) is 0. The van der Waals surface area contributed by atoms with E-state index >= 15 is 0 Å². The van der Waals surface area contributed by atoms with Gasteiger partial charge < -0.3 is 14.8 Å².